The number of anilines is 1. The van der Waals surface area contributed by atoms with Gasteiger partial charge in [0.05, 0.1) is 17.4 Å². The number of amides is 1. The van der Waals surface area contributed by atoms with Crippen LogP contribution >= 0.6 is 0 Å². The molecule has 0 fully saturated rings. The molecule has 1 amide bonds. The first-order valence-corrected chi connectivity index (χ1v) is 9.87. The highest BCUT2D eigenvalue weighted by molar-refractivity contribution is 5.95. The van der Waals surface area contributed by atoms with E-state index in [0.717, 1.165) is 16.9 Å². The van der Waals surface area contributed by atoms with Crippen LogP contribution in [0.4, 0.5) is 19.0 Å². The molecule has 32 heavy (non-hydrogen) atoms. The molecule has 0 spiro atoms. The second-order valence-electron chi connectivity index (χ2n) is 7.81. The highest BCUT2D eigenvalue weighted by Crippen LogP contribution is 2.38. The first-order valence-electron chi connectivity index (χ1n) is 9.87. The van der Waals surface area contributed by atoms with Crippen LogP contribution in [0.3, 0.4) is 0 Å². The number of nitrogen functional groups attached to an aromatic ring is 1. The van der Waals surface area contributed by atoms with Crippen LogP contribution in [0, 0.1) is 5.92 Å². The minimum atomic E-state index is -4.72. The number of nitrogens with two attached hydrogens (primary N) is 1. The molecule has 9 nitrogen and oxygen atoms in total. The Bertz CT molecular complexity index is 1190. The zero-order valence-electron chi connectivity index (χ0n) is 17.4. The maximum Gasteiger partial charge on any atom is 0.418 e. The Morgan fingerprint density at radius 2 is 2.06 bits per heavy atom. The van der Waals surface area contributed by atoms with Gasteiger partial charge in [0.15, 0.2) is 5.82 Å². The number of pyridine rings is 1. The van der Waals surface area contributed by atoms with Gasteiger partial charge in [-0.05, 0) is 30.9 Å². The number of nitrogens with one attached hydrogen (secondary N) is 2. The first-order chi connectivity index (χ1) is 15.0. The maximum absolute atomic E-state index is 13.5. The Morgan fingerprint density at radius 3 is 2.72 bits per heavy atom. The van der Waals surface area contributed by atoms with Crippen molar-refractivity contribution in [1.82, 2.24) is 24.9 Å². The van der Waals surface area contributed by atoms with Crippen LogP contribution in [0.2, 0.25) is 0 Å². The van der Waals surface area contributed by atoms with E-state index in [1.165, 1.54) is 12.3 Å². The van der Waals surface area contributed by atoms with E-state index in [9.17, 15) is 27.9 Å². The average molecular weight is 452 g/mol. The SMILES string of the molecule is CC(C)CC(O)CCNC(=O)c1cc(-c2cc(C(F)(F)F)c3c(N)ncnn23)c[nH]c1=O. The van der Waals surface area contributed by atoms with Crippen LogP contribution in [0.15, 0.2) is 29.5 Å². The van der Waals surface area contributed by atoms with Crippen molar-refractivity contribution in [3.63, 3.8) is 0 Å². The summed E-state index contributed by atoms with van der Waals surface area (Å²) >= 11 is 0. The maximum atomic E-state index is 13.5. The third kappa shape index (κ3) is 4.90. The molecule has 1 unspecified atom stereocenters. The number of carbonyl (C=O) groups excluding carboxylic acids is 1. The predicted molar refractivity (Wildman–Crippen MR) is 111 cm³/mol. The number of alkyl halides is 3. The van der Waals surface area contributed by atoms with E-state index < -0.39 is 34.8 Å². The lowest BCUT2D eigenvalue weighted by Crippen LogP contribution is -2.31. The fourth-order valence-electron chi connectivity index (χ4n) is 3.40. The number of carbonyl (C=O) groups is 1. The average Bonchev–Trinajstić information content (AvgIpc) is 3.09. The summed E-state index contributed by atoms with van der Waals surface area (Å²) in [7, 11) is 0. The number of aliphatic hydroxyl groups is 1. The zero-order chi connectivity index (χ0) is 23.6. The number of hydrogen-bond donors (Lipinski definition) is 4. The van der Waals surface area contributed by atoms with Gasteiger partial charge in [-0.25, -0.2) is 9.50 Å². The van der Waals surface area contributed by atoms with Gasteiger partial charge in [0.1, 0.15) is 17.4 Å². The third-order valence-corrected chi connectivity index (χ3v) is 4.84. The van der Waals surface area contributed by atoms with Crippen molar-refractivity contribution >= 4 is 17.2 Å². The second-order valence-corrected chi connectivity index (χ2v) is 7.81. The molecule has 0 aliphatic carbocycles. The fourth-order valence-corrected chi connectivity index (χ4v) is 3.40. The van der Waals surface area contributed by atoms with Crippen LogP contribution in [0.1, 0.15) is 42.6 Å². The summed E-state index contributed by atoms with van der Waals surface area (Å²) < 4.78 is 41.5. The molecule has 0 radical (unpaired) electrons. The van der Waals surface area contributed by atoms with Gasteiger partial charge >= 0.3 is 6.18 Å². The lowest BCUT2D eigenvalue weighted by Gasteiger charge is -2.13. The number of rotatable bonds is 7. The van der Waals surface area contributed by atoms with Gasteiger partial charge < -0.3 is 21.1 Å². The van der Waals surface area contributed by atoms with Crippen LogP contribution in [0.5, 0.6) is 0 Å². The minimum Gasteiger partial charge on any atom is -0.393 e. The van der Waals surface area contributed by atoms with Crippen molar-refractivity contribution in [2.45, 2.75) is 39.0 Å². The Morgan fingerprint density at radius 1 is 1.34 bits per heavy atom. The van der Waals surface area contributed by atoms with Gasteiger partial charge in [0.25, 0.3) is 11.5 Å². The number of hydrogen-bond acceptors (Lipinski definition) is 6. The molecule has 12 heteroatoms. The highest BCUT2D eigenvalue weighted by Gasteiger charge is 2.36. The van der Waals surface area contributed by atoms with E-state index >= 15 is 0 Å². The molecule has 3 aromatic rings. The largest absolute Gasteiger partial charge is 0.418 e. The molecule has 0 aromatic carbocycles. The molecule has 0 saturated carbocycles. The van der Waals surface area contributed by atoms with E-state index in [0.29, 0.717) is 12.8 Å². The monoisotopic (exact) mass is 452 g/mol. The van der Waals surface area contributed by atoms with E-state index in [2.05, 4.69) is 20.4 Å². The first kappa shape index (κ1) is 23.3. The lowest BCUT2D eigenvalue weighted by atomic mass is 10.0. The van der Waals surface area contributed by atoms with Gasteiger partial charge in [-0.15, -0.1) is 0 Å². The Labute approximate surface area is 180 Å². The van der Waals surface area contributed by atoms with Gasteiger partial charge in [0, 0.05) is 18.3 Å². The van der Waals surface area contributed by atoms with Crippen LogP contribution < -0.4 is 16.6 Å². The van der Waals surface area contributed by atoms with Crippen LogP contribution in [-0.2, 0) is 6.18 Å². The van der Waals surface area contributed by atoms with Gasteiger partial charge in [-0.2, -0.15) is 18.3 Å². The molecule has 0 aliphatic rings. The number of H-pyrrole nitrogens is 1. The minimum absolute atomic E-state index is 0.0286. The number of aliphatic hydroxyl groups excluding tert-OH is 1. The van der Waals surface area contributed by atoms with Crippen molar-refractivity contribution in [2.24, 2.45) is 5.92 Å². The van der Waals surface area contributed by atoms with E-state index in [1.807, 2.05) is 13.8 Å². The summed E-state index contributed by atoms with van der Waals surface area (Å²) in [5.41, 5.74) is 3.28. The molecule has 0 saturated heterocycles. The summed E-state index contributed by atoms with van der Waals surface area (Å²) in [5.74, 6) is -0.784. The Balaban J connectivity index is 1.93. The molecular formula is C20H23F3N6O3. The van der Waals surface area contributed by atoms with Gasteiger partial charge in [-0.3, -0.25) is 9.59 Å². The second kappa shape index (κ2) is 8.99. The Hall–Kier alpha value is -3.41. The van der Waals surface area contributed by atoms with E-state index in [4.69, 9.17) is 5.73 Å². The molecule has 0 aliphatic heterocycles. The van der Waals surface area contributed by atoms with Crippen molar-refractivity contribution in [2.75, 3.05) is 12.3 Å². The molecule has 5 N–H and O–H groups in total. The molecule has 3 rings (SSSR count). The number of nitrogens with zero attached hydrogens (tertiary/aromatic N) is 3. The predicted octanol–water partition coefficient (Wildman–Crippen LogP) is 2.21. The molecule has 3 heterocycles. The topological polar surface area (TPSA) is 138 Å². The summed E-state index contributed by atoms with van der Waals surface area (Å²) in [6.07, 6.45) is -2.26. The molecule has 0 bridgehead atoms. The number of aromatic nitrogens is 4. The fraction of sp³-hybridized carbons (Fsp3) is 0.400. The van der Waals surface area contributed by atoms with Crippen molar-refractivity contribution in [1.29, 1.82) is 0 Å². The summed E-state index contributed by atoms with van der Waals surface area (Å²) in [6.45, 7) is 4.05. The zero-order valence-corrected chi connectivity index (χ0v) is 17.4. The standard InChI is InChI=1S/C20H23F3N6O3/c1-10(2)5-12(30)3-4-25-18(31)13-6-11(8-26-19(13)32)15-7-14(20(21,22)23)16-17(24)27-9-28-29(15)16/h6-10,12,30H,3-5H2,1-2H3,(H,25,31)(H,26,32)(H2,24,27,28). The quantitative estimate of drug-likeness (QED) is 0.434. The summed E-state index contributed by atoms with van der Waals surface area (Å²) in [5, 5.41) is 16.3. The lowest BCUT2D eigenvalue weighted by molar-refractivity contribution is -0.136. The summed E-state index contributed by atoms with van der Waals surface area (Å²) in [4.78, 5) is 30.6. The number of aromatic amines is 1. The normalized spacial score (nSPS) is 13.0. The van der Waals surface area contributed by atoms with E-state index in [-0.39, 0.29) is 35.1 Å². The number of halogens is 3. The third-order valence-electron chi connectivity index (χ3n) is 4.84. The molecule has 3 aromatic heterocycles. The van der Waals surface area contributed by atoms with Gasteiger partial charge in [0.2, 0.25) is 0 Å². The summed E-state index contributed by atoms with van der Waals surface area (Å²) in [6, 6.07) is 2.01. The Kier molecular flexibility index (Phi) is 6.53. The highest BCUT2D eigenvalue weighted by atomic mass is 19.4. The van der Waals surface area contributed by atoms with Crippen molar-refractivity contribution in [3.05, 3.63) is 46.1 Å². The smallest absolute Gasteiger partial charge is 0.393 e. The number of fused-ring (bicyclic) bond motifs is 1. The van der Waals surface area contributed by atoms with Crippen molar-refractivity contribution in [3.8, 4) is 11.3 Å². The molecule has 172 valence electrons. The molecule has 1 atom stereocenters. The van der Waals surface area contributed by atoms with Crippen LogP contribution in [-0.4, -0.2) is 43.2 Å². The van der Waals surface area contributed by atoms with Crippen LogP contribution in [0.25, 0.3) is 16.8 Å². The van der Waals surface area contributed by atoms with E-state index in [1.54, 1.807) is 0 Å². The van der Waals surface area contributed by atoms with Crippen molar-refractivity contribution < 1.29 is 23.1 Å². The van der Waals surface area contributed by atoms with Gasteiger partial charge in [-0.1, -0.05) is 13.8 Å². The molecular weight excluding hydrogens is 429 g/mol.